The molecule has 2 N–H and O–H groups in total. The molecule has 0 aromatic heterocycles. The number of carboxylic acid groups (broad SMARTS) is 1. The molecule has 10 nitrogen and oxygen atoms in total. The van der Waals surface area contributed by atoms with Gasteiger partial charge in [-0.05, 0) is 21.6 Å². The van der Waals surface area contributed by atoms with E-state index >= 15 is 0 Å². The number of amides is 2. The quantitative estimate of drug-likeness (QED) is 0.631. The smallest absolute Gasteiger partial charge is 0.352 e. The summed E-state index contributed by atoms with van der Waals surface area (Å²) in [7, 11) is 0. The fourth-order valence-electron chi connectivity index (χ4n) is 3.20. The molecule has 2 atom stereocenters. The summed E-state index contributed by atoms with van der Waals surface area (Å²) in [6, 6.07) is 8.49. The lowest BCUT2D eigenvalue weighted by atomic mass is 10.0. The summed E-state index contributed by atoms with van der Waals surface area (Å²) >= 11 is 2.72. The van der Waals surface area contributed by atoms with Crippen molar-refractivity contribution in [3.63, 3.8) is 0 Å². The van der Waals surface area contributed by atoms with Gasteiger partial charge in [0.05, 0.1) is 6.42 Å². The van der Waals surface area contributed by atoms with Crippen LogP contribution >= 0.6 is 23.5 Å². The summed E-state index contributed by atoms with van der Waals surface area (Å²) in [6.07, 6.45) is 0.163. The summed E-state index contributed by atoms with van der Waals surface area (Å²) in [5.41, 5.74) is 0.948. The summed E-state index contributed by atoms with van der Waals surface area (Å²) in [5, 5.41) is 26.4. The van der Waals surface area contributed by atoms with Crippen molar-refractivity contribution in [2.75, 3.05) is 11.5 Å². The molecule has 3 heterocycles. The SMILES string of the molecule is O=C(Cc1ccccc1)NC1C(=O)N2C(C(=O)O)=C(CSC3N=NN=N3)CSC12. The topological polar surface area (TPSA) is 136 Å². The summed E-state index contributed by atoms with van der Waals surface area (Å²) < 4.78 is 0. The number of rotatable bonds is 7. The van der Waals surface area contributed by atoms with E-state index in [1.165, 1.54) is 28.4 Å². The lowest BCUT2D eigenvalue weighted by molar-refractivity contribution is -0.150. The van der Waals surface area contributed by atoms with Gasteiger partial charge in [0.25, 0.3) is 5.91 Å². The van der Waals surface area contributed by atoms with Crippen molar-refractivity contribution in [1.82, 2.24) is 10.2 Å². The number of nitrogens with one attached hydrogen (secondary N) is 1. The van der Waals surface area contributed by atoms with Crippen LogP contribution in [0.25, 0.3) is 0 Å². The molecule has 1 saturated heterocycles. The predicted molar refractivity (Wildman–Crippen MR) is 106 cm³/mol. The zero-order chi connectivity index (χ0) is 20.4. The molecule has 2 unspecified atom stereocenters. The van der Waals surface area contributed by atoms with Gasteiger partial charge in [-0.3, -0.25) is 14.5 Å². The third-order valence-electron chi connectivity index (χ3n) is 4.52. The molecule has 0 radical (unpaired) electrons. The molecular weight excluding hydrogens is 416 g/mol. The standard InChI is InChI=1S/C17H16N6O4S2/c24-11(6-9-4-2-1-3-5-9)18-12-14(25)23-13(16(26)27)10(7-28-15(12)23)8-29-17-19-21-22-20-17/h1-5,12,15,17H,6-8H2,(H,18,24)(H,26,27). The van der Waals surface area contributed by atoms with E-state index in [4.69, 9.17) is 0 Å². The molecule has 0 saturated carbocycles. The maximum Gasteiger partial charge on any atom is 0.352 e. The average molecular weight is 432 g/mol. The summed E-state index contributed by atoms with van der Waals surface area (Å²) in [4.78, 5) is 38.0. The van der Waals surface area contributed by atoms with Crippen LogP contribution in [0.1, 0.15) is 5.56 Å². The van der Waals surface area contributed by atoms with E-state index in [2.05, 4.69) is 26.0 Å². The van der Waals surface area contributed by atoms with Crippen LogP contribution in [0.15, 0.2) is 62.3 Å². The highest BCUT2D eigenvalue weighted by Crippen LogP contribution is 2.41. The molecule has 2 amide bonds. The van der Waals surface area contributed by atoms with Gasteiger partial charge >= 0.3 is 5.97 Å². The lowest BCUT2D eigenvalue weighted by Crippen LogP contribution is -2.70. The van der Waals surface area contributed by atoms with Gasteiger partial charge in [0.15, 0.2) is 0 Å². The number of fused-ring (bicyclic) bond motifs is 1. The molecule has 150 valence electrons. The van der Waals surface area contributed by atoms with Crippen LogP contribution in [-0.2, 0) is 20.8 Å². The van der Waals surface area contributed by atoms with Gasteiger partial charge in [-0.2, -0.15) is 0 Å². The van der Waals surface area contributed by atoms with Crippen LogP contribution in [0.3, 0.4) is 0 Å². The Morgan fingerprint density at radius 3 is 2.66 bits per heavy atom. The first-order valence-electron chi connectivity index (χ1n) is 8.69. The number of hydrogen-bond acceptors (Lipinski definition) is 9. The van der Waals surface area contributed by atoms with Crippen molar-refractivity contribution in [3.8, 4) is 0 Å². The van der Waals surface area contributed by atoms with Gasteiger partial charge in [-0.25, -0.2) is 4.79 Å². The van der Waals surface area contributed by atoms with Gasteiger partial charge in [0, 0.05) is 11.5 Å². The predicted octanol–water partition coefficient (Wildman–Crippen LogP) is 1.82. The minimum atomic E-state index is -1.16. The third-order valence-corrected chi connectivity index (χ3v) is 6.86. The molecule has 1 aromatic rings. The first-order valence-corrected chi connectivity index (χ1v) is 10.8. The van der Waals surface area contributed by atoms with Crippen LogP contribution in [0, 0.1) is 0 Å². The minimum Gasteiger partial charge on any atom is -0.477 e. The second kappa shape index (κ2) is 8.33. The molecule has 3 aliphatic rings. The van der Waals surface area contributed by atoms with Gasteiger partial charge in [0.1, 0.15) is 17.1 Å². The number of aliphatic carboxylic acids is 1. The van der Waals surface area contributed by atoms with Crippen LogP contribution in [0.2, 0.25) is 0 Å². The molecule has 3 aliphatic heterocycles. The maximum atomic E-state index is 12.6. The Labute approximate surface area is 173 Å². The lowest BCUT2D eigenvalue weighted by Gasteiger charge is -2.49. The molecule has 29 heavy (non-hydrogen) atoms. The number of carbonyl (C=O) groups excluding carboxylic acids is 2. The number of benzene rings is 1. The number of thioether (sulfide) groups is 2. The van der Waals surface area contributed by atoms with Crippen LogP contribution in [0.5, 0.6) is 0 Å². The second-order valence-electron chi connectivity index (χ2n) is 6.42. The zero-order valence-corrected chi connectivity index (χ0v) is 16.6. The van der Waals surface area contributed by atoms with E-state index in [0.717, 1.165) is 5.56 Å². The van der Waals surface area contributed by atoms with Crippen LogP contribution in [0.4, 0.5) is 0 Å². The number of carbonyl (C=O) groups is 3. The number of hydrogen-bond donors (Lipinski definition) is 2. The van der Waals surface area contributed by atoms with E-state index in [1.807, 2.05) is 30.3 Å². The minimum absolute atomic E-state index is 0.0216. The Hall–Kier alpha value is -2.73. The first-order chi connectivity index (χ1) is 14.0. The zero-order valence-electron chi connectivity index (χ0n) is 15.0. The molecule has 1 aromatic carbocycles. The summed E-state index contributed by atoms with van der Waals surface area (Å²) in [5.74, 6) is -1.06. The van der Waals surface area contributed by atoms with Gasteiger partial charge in [-0.15, -0.1) is 33.8 Å². The van der Waals surface area contributed by atoms with Crippen molar-refractivity contribution >= 4 is 41.3 Å². The molecule has 0 bridgehead atoms. The van der Waals surface area contributed by atoms with Crippen LogP contribution in [-0.4, -0.2) is 56.2 Å². The van der Waals surface area contributed by atoms with Gasteiger partial charge in [0.2, 0.25) is 11.4 Å². The average Bonchev–Trinajstić information content (AvgIpc) is 3.24. The Kier molecular flexibility index (Phi) is 5.62. The Balaban J connectivity index is 1.42. The highest BCUT2D eigenvalue weighted by atomic mass is 32.2. The monoisotopic (exact) mass is 432 g/mol. The second-order valence-corrected chi connectivity index (χ2v) is 8.57. The van der Waals surface area contributed by atoms with E-state index in [1.54, 1.807) is 0 Å². The first kappa shape index (κ1) is 19.6. The van der Waals surface area contributed by atoms with E-state index in [-0.39, 0.29) is 18.0 Å². The van der Waals surface area contributed by atoms with Crippen molar-refractivity contribution in [3.05, 3.63) is 47.2 Å². The van der Waals surface area contributed by atoms with Gasteiger partial charge < -0.3 is 10.4 Å². The number of carboxylic acids is 1. The third kappa shape index (κ3) is 4.03. The fourth-order valence-corrected chi connectivity index (χ4v) is 5.48. The Morgan fingerprint density at radius 1 is 1.24 bits per heavy atom. The largest absolute Gasteiger partial charge is 0.477 e. The number of nitrogens with zero attached hydrogens (tertiary/aromatic N) is 5. The molecule has 0 aliphatic carbocycles. The normalized spacial score (nSPS) is 23.2. The molecule has 12 heteroatoms. The molecule has 4 rings (SSSR count). The van der Waals surface area contributed by atoms with Gasteiger partial charge in [-0.1, -0.05) is 30.3 Å². The highest BCUT2D eigenvalue weighted by molar-refractivity contribution is 8.01. The van der Waals surface area contributed by atoms with Crippen molar-refractivity contribution in [2.24, 2.45) is 20.7 Å². The van der Waals surface area contributed by atoms with E-state index in [9.17, 15) is 19.5 Å². The Morgan fingerprint density at radius 2 is 1.97 bits per heavy atom. The maximum absolute atomic E-state index is 12.6. The molecular formula is C17H16N6O4S2. The summed E-state index contributed by atoms with van der Waals surface area (Å²) in [6.45, 7) is 0. The van der Waals surface area contributed by atoms with Crippen LogP contribution < -0.4 is 5.32 Å². The Bertz CT molecular complexity index is 923. The van der Waals surface area contributed by atoms with Crippen molar-refractivity contribution < 1.29 is 19.5 Å². The fraction of sp³-hybridized carbons (Fsp3) is 0.353. The molecule has 1 fully saturated rings. The number of β-lactam (4-membered cyclic amide) rings is 1. The molecule has 0 spiro atoms. The van der Waals surface area contributed by atoms with E-state index < -0.39 is 28.8 Å². The van der Waals surface area contributed by atoms with Crippen molar-refractivity contribution in [2.45, 2.75) is 23.3 Å². The van der Waals surface area contributed by atoms with Crippen molar-refractivity contribution in [1.29, 1.82) is 0 Å². The highest BCUT2D eigenvalue weighted by Gasteiger charge is 2.54. The van der Waals surface area contributed by atoms with E-state index in [0.29, 0.717) is 17.1 Å².